The van der Waals surface area contributed by atoms with Crippen molar-refractivity contribution in [1.82, 2.24) is 0 Å². The van der Waals surface area contributed by atoms with Gasteiger partial charge in [-0.2, -0.15) is 0 Å². The Kier molecular flexibility index (Phi) is 4.85. The third-order valence-electron chi connectivity index (χ3n) is 6.21. The molecule has 0 amide bonds. The topological polar surface area (TPSA) is 36.9 Å². The van der Waals surface area contributed by atoms with E-state index in [-0.39, 0.29) is 0 Å². The molecule has 4 nitrogen and oxygen atoms in total. The Morgan fingerprint density at radius 3 is 1.52 bits per heavy atom. The second-order valence-corrected chi connectivity index (χ2v) is 7.93. The molecule has 0 N–H and O–H groups in total. The van der Waals surface area contributed by atoms with E-state index in [1.54, 1.807) is 28.4 Å². The van der Waals surface area contributed by atoms with Crippen LogP contribution < -0.4 is 18.9 Å². The van der Waals surface area contributed by atoms with Gasteiger partial charge in [-0.3, -0.25) is 0 Å². The molecular weight excluding hydrogens is 388 g/mol. The Morgan fingerprint density at radius 2 is 1.03 bits per heavy atom. The Bertz CT molecular complexity index is 1270. The molecule has 1 fully saturated rings. The molecule has 1 aliphatic rings. The Morgan fingerprint density at radius 1 is 0.581 bits per heavy atom. The summed E-state index contributed by atoms with van der Waals surface area (Å²) in [5.41, 5.74) is 3.85. The van der Waals surface area contributed by atoms with Crippen LogP contribution in [-0.4, -0.2) is 28.4 Å². The molecule has 0 heterocycles. The molecule has 0 bridgehead atoms. The minimum Gasteiger partial charge on any atom is -0.493 e. The Balaban J connectivity index is 2.02. The summed E-state index contributed by atoms with van der Waals surface area (Å²) in [4.78, 5) is 0. The lowest BCUT2D eigenvalue weighted by molar-refractivity contribution is 0.355. The molecule has 4 aromatic rings. The fourth-order valence-corrected chi connectivity index (χ4v) is 4.62. The van der Waals surface area contributed by atoms with Crippen molar-refractivity contribution in [3.05, 3.63) is 60.2 Å². The number of rotatable bonds is 6. The summed E-state index contributed by atoms with van der Waals surface area (Å²) in [6.45, 7) is 0. The van der Waals surface area contributed by atoms with Crippen molar-refractivity contribution in [2.45, 2.75) is 18.8 Å². The number of ether oxygens (including phenoxy) is 4. The van der Waals surface area contributed by atoms with Crippen molar-refractivity contribution in [2.24, 2.45) is 0 Å². The minimum atomic E-state index is 0.535. The molecule has 0 unspecified atom stereocenters. The smallest absolute Gasteiger partial charge is 0.161 e. The predicted molar refractivity (Wildman–Crippen MR) is 125 cm³/mol. The van der Waals surface area contributed by atoms with Crippen LogP contribution in [0.4, 0.5) is 0 Å². The van der Waals surface area contributed by atoms with Crippen molar-refractivity contribution >= 4 is 21.5 Å². The molecule has 1 saturated carbocycles. The summed E-state index contributed by atoms with van der Waals surface area (Å²) in [7, 11) is 6.72. The van der Waals surface area contributed by atoms with Gasteiger partial charge >= 0.3 is 0 Å². The van der Waals surface area contributed by atoms with Gasteiger partial charge in [0, 0.05) is 0 Å². The van der Waals surface area contributed by atoms with Gasteiger partial charge in [0.2, 0.25) is 0 Å². The molecule has 4 heteroatoms. The normalized spacial score (nSPS) is 13.4. The summed E-state index contributed by atoms with van der Waals surface area (Å²) < 4.78 is 22.6. The zero-order chi connectivity index (χ0) is 21.5. The minimum absolute atomic E-state index is 0.535. The highest BCUT2D eigenvalue weighted by molar-refractivity contribution is 6.17. The largest absolute Gasteiger partial charge is 0.493 e. The van der Waals surface area contributed by atoms with E-state index in [1.807, 2.05) is 0 Å². The first-order valence-electron chi connectivity index (χ1n) is 10.5. The van der Waals surface area contributed by atoms with Gasteiger partial charge in [-0.1, -0.05) is 30.3 Å². The summed E-state index contributed by atoms with van der Waals surface area (Å²) in [6, 6.07) is 19.0. The summed E-state index contributed by atoms with van der Waals surface area (Å²) in [5, 5.41) is 4.61. The highest BCUT2D eigenvalue weighted by Gasteiger charge is 2.31. The molecule has 0 saturated heterocycles. The molecule has 31 heavy (non-hydrogen) atoms. The van der Waals surface area contributed by atoms with Crippen molar-refractivity contribution in [2.75, 3.05) is 28.4 Å². The molecule has 0 aromatic heterocycles. The maximum Gasteiger partial charge on any atom is 0.161 e. The lowest BCUT2D eigenvalue weighted by Crippen LogP contribution is -1.98. The van der Waals surface area contributed by atoms with Crippen LogP contribution >= 0.6 is 0 Å². The molecule has 5 rings (SSSR count). The number of hydrogen-bond acceptors (Lipinski definition) is 4. The van der Waals surface area contributed by atoms with Gasteiger partial charge in [0.05, 0.1) is 28.4 Å². The van der Waals surface area contributed by atoms with Crippen molar-refractivity contribution in [3.63, 3.8) is 0 Å². The summed E-state index contributed by atoms with van der Waals surface area (Å²) >= 11 is 0. The predicted octanol–water partition coefficient (Wildman–Crippen LogP) is 6.57. The lowest BCUT2D eigenvalue weighted by atomic mass is 9.85. The van der Waals surface area contributed by atoms with Crippen LogP contribution in [0.25, 0.3) is 32.7 Å². The van der Waals surface area contributed by atoms with Gasteiger partial charge in [-0.15, -0.1) is 0 Å². The van der Waals surface area contributed by atoms with E-state index >= 15 is 0 Å². The monoisotopic (exact) mass is 414 g/mol. The van der Waals surface area contributed by atoms with Gasteiger partial charge in [0.1, 0.15) is 0 Å². The maximum absolute atomic E-state index is 5.67. The van der Waals surface area contributed by atoms with Crippen LogP contribution in [0.15, 0.2) is 54.6 Å². The Labute approximate surface area is 182 Å². The summed E-state index contributed by atoms with van der Waals surface area (Å²) in [6.07, 6.45) is 2.39. The highest BCUT2D eigenvalue weighted by Crippen LogP contribution is 2.53. The van der Waals surface area contributed by atoms with Crippen molar-refractivity contribution < 1.29 is 18.9 Å². The zero-order valence-corrected chi connectivity index (χ0v) is 18.3. The van der Waals surface area contributed by atoms with Gasteiger partial charge in [0.25, 0.3) is 0 Å². The quantitative estimate of drug-likeness (QED) is 0.334. The van der Waals surface area contributed by atoms with E-state index in [2.05, 4.69) is 54.6 Å². The third-order valence-corrected chi connectivity index (χ3v) is 6.21. The van der Waals surface area contributed by atoms with Gasteiger partial charge in [0.15, 0.2) is 23.0 Å². The van der Waals surface area contributed by atoms with Gasteiger partial charge in [-0.25, -0.2) is 0 Å². The second-order valence-electron chi connectivity index (χ2n) is 7.93. The van der Waals surface area contributed by atoms with Crippen LogP contribution in [-0.2, 0) is 0 Å². The molecule has 158 valence electrons. The standard InChI is InChI=1S/C27H26O4/c1-28-22-12-18-19-13-23(29-2)25(31-4)15-21(19)27(17-10-11-17)26(16-8-6-5-7-9-16)20(18)14-24(22)30-3/h5-9,12-15,17H,10-11H2,1-4H3. The first-order chi connectivity index (χ1) is 15.2. The molecular formula is C27H26O4. The average molecular weight is 415 g/mol. The first-order valence-corrected chi connectivity index (χ1v) is 10.5. The second kappa shape index (κ2) is 7.69. The number of fused-ring (bicyclic) bond motifs is 3. The number of benzene rings is 4. The Hall–Kier alpha value is -3.40. The molecule has 0 aliphatic heterocycles. The van der Waals surface area contributed by atoms with Crippen LogP contribution in [0.2, 0.25) is 0 Å². The van der Waals surface area contributed by atoms with E-state index in [0.29, 0.717) is 11.7 Å². The van der Waals surface area contributed by atoms with Gasteiger partial charge in [-0.05, 0) is 81.3 Å². The molecule has 4 aromatic carbocycles. The molecule has 0 radical (unpaired) electrons. The number of hydrogen-bond donors (Lipinski definition) is 0. The van der Waals surface area contributed by atoms with Crippen molar-refractivity contribution in [1.29, 1.82) is 0 Å². The van der Waals surface area contributed by atoms with Gasteiger partial charge < -0.3 is 18.9 Å². The van der Waals surface area contributed by atoms with Crippen LogP contribution in [0.1, 0.15) is 24.3 Å². The lowest BCUT2D eigenvalue weighted by Gasteiger charge is -2.21. The van der Waals surface area contributed by atoms with Crippen LogP contribution in [0.5, 0.6) is 23.0 Å². The average Bonchev–Trinajstić information content (AvgIpc) is 3.67. The number of methoxy groups -OCH3 is 4. The molecule has 1 aliphatic carbocycles. The first kappa shape index (κ1) is 19.6. The van der Waals surface area contributed by atoms with E-state index in [4.69, 9.17) is 18.9 Å². The maximum atomic E-state index is 5.67. The van der Waals surface area contributed by atoms with E-state index in [0.717, 1.165) is 33.4 Å². The SMILES string of the molecule is COc1cc2c(-c3ccccc3)c(C3CC3)c3cc(OC)c(OC)cc3c2cc1OC. The molecule has 0 atom stereocenters. The summed E-state index contributed by atoms with van der Waals surface area (Å²) in [5.74, 6) is 3.45. The third kappa shape index (κ3) is 3.14. The fourth-order valence-electron chi connectivity index (χ4n) is 4.62. The molecule has 0 spiro atoms. The zero-order valence-electron chi connectivity index (χ0n) is 18.3. The fraction of sp³-hybridized carbons (Fsp3) is 0.259. The van der Waals surface area contributed by atoms with E-state index < -0.39 is 0 Å². The van der Waals surface area contributed by atoms with E-state index in [1.165, 1.54) is 34.9 Å². The van der Waals surface area contributed by atoms with Crippen molar-refractivity contribution in [3.8, 4) is 34.1 Å². The highest BCUT2D eigenvalue weighted by atomic mass is 16.5. The van der Waals surface area contributed by atoms with E-state index in [9.17, 15) is 0 Å². The van der Waals surface area contributed by atoms with Crippen LogP contribution in [0.3, 0.4) is 0 Å². The van der Waals surface area contributed by atoms with Crippen LogP contribution in [0, 0.1) is 0 Å².